The third-order valence-corrected chi connectivity index (χ3v) is 12.6. The van der Waals surface area contributed by atoms with Crippen molar-refractivity contribution in [1.82, 2.24) is 0 Å². The van der Waals surface area contributed by atoms with Crippen LogP contribution in [0.25, 0.3) is 0 Å². The van der Waals surface area contributed by atoms with E-state index in [2.05, 4.69) is 20.8 Å². The fourth-order valence-electron chi connectivity index (χ4n) is 8.45. The first-order valence-electron chi connectivity index (χ1n) is 27.5. The van der Waals surface area contributed by atoms with Gasteiger partial charge in [0.2, 0.25) is 0 Å². The van der Waals surface area contributed by atoms with Crippen LogP contribution in [0.2, 0.25) is 0 Å². The van der Waals surface area contributed by atoms with E-state index in [0.717, 1.165) is 57.8 Å². The Kier molecular flexibility index (Phi) is 49.7. The summed E-state index contributed by atoms with van der Waals surface area (Å²) in [5.41, 5.74) is 0. The SMILES string of the molecule is CCCCCCCCCCCCCCCCCCC(=O)OCC(COC(=O)CCCCCCCCCCCCCC)OC(=O)CCCCCCCCCCCCCCCCC. The van der Waals surface area contributed by atoms with E-state index in [1.165, 1.54) is 218 Å². The monoisotopic (exact) mass is 863 g/mol. The van der Waals surface area contributed by atoms with E-state index in [1.54, 1.807) is 0 Å². The van der Waals surface area contributed by atoms with Gasteiger partial charge in [-0.05, 0) is 19.3 Å². The molecule has 0 saturated heterocycles. The summed E-state index contributed by atoms with van der Waals surface area (Å²) in [7, 11) is 0. The van der Waals surface area contributed by atoms with Crippen molar-refractivity contribution >= 4 is 17.9 Å². The Morgan fingerprint density at radius 1 is 0.262 bits per heavy atom. The van der Waals surface area contributed by atoms with Crippen molar-refractivity contribution in [2.45, 2.75) is 322 Å². The molecule has 0 aromatic carbocycles. The molecule has 1 unspecified atom stereocenters. The van der Waals surface area contributed by atoms with Crippen LogP contribution in [-0.4, -0.2) is 37.2 Å². The Morgan fingerprint density at radius 2 is 0.443 bits per heavy atom. The zero-order valence-corrected chi connectivity index (χ0v) is 41.5. The van der Waals surface area contributed by atoms with Crippen LogP contribution >= 0.6 is 0 Å². The molecule has 0 heterocycles. The molecule has 61 heavy (non-hydrogen) atoms. The number of hydrogen-bond donors (Lipinski definition) is 0. The van der Waals surface area contributed by atoms with Crippen molar-refractivity contribution in [3.63, 3.8) is 0 Å². The van der Waals surface area contributed by atoms with Crippen LogP contribution in [0.1, 0.15) is 316 Å². The first-order chi connectivity index (χ1) is 30.0. The Bertz CT molecular complexity index is 905. The van der Waals surface area contributed by atoms with Gasteiger partial charge in [-0.25, -0.2) is 0 Å². The van der Waals surface area contributed by atoms with E-state index in [-0.39, 0.29) is 31.1 Å². The number of carbonyl (C=O) groups is 3. The fraction of sp³-hybridized carbons (Fsp3) is 0.945. The highest BCUT2D eigenvalue weighted by molar-refractivity contribution is 5.71. The summed E-state index contributed by atoms with van der Waals surface area (Å²) < 4.78 is 16.8. The molecule has 6 nitrogen and oxygen atoms in total. The predicted molar refractivity (Wildman–Crippen MR) is 261 cm³/mol. The maximum absolute atomic E-state index is 12.8. The highest BCUT2D eigenvalue weighted by atomic mass is 16.6. The lowest BCUT2D eigenvalue weighted by Gasteiger charge is -2.18. The smallest absolute Gasteiger partial charge is 0.306 e. The van der Waals surface area contributed by atoms with Gasteiger partial charge in [0.25, 0.3) is 0 Å². The molecular weight excluding hydrogens is 757 g/mol. The summed E-state index contributed by atoms with van der Waals surface area (Å²) in [5.74, 6) is -0.836. The number of carbonyl (C=O) groups excluding carboxylic acids is 3. The molecule has 0 N–H and O–H groups in total. The summed E-state index contributed by atoms with van der Waals surface area (Å²) in [6.07, 6.45) is 55.1. The first-order valence-corrected chi connectivity index (χ1v) is 27.5. The van der Waals surface area contributed by atoms with E-state index in [9.17, 15) is 14.4 Å². The molecule has 6 heteroatoms. The molecule has 0 aromatic heterocycles. The second-order valence-corrected chi connectivity index (χ2v) is 18.9. The van der Waals surface area contributed by atoms with Gasteiger partial charge in [-0.2, -0.15) is 0 Å². The molecule has 362 valence electrons. The maximum atomic E-state index is 12.8. The summed E-state index contributed by atoms with van der Waals surface area (Å²) in [5, 5.41) is 0. The van der Waals surface area contributed by atoms with Gasteiger partial charge in [-0.15, -0.1) is 0 Å². The molecule has 0 aliphatic rings. The Morgan fingerprint density at radius 3 is 0.656 bits per heavy atom. The van der Waals surface area contributed by atoms with Crippen molar-refractivity contribution in [3.8, 4) is 0 Å². The van der Waals surface area contributed by atoms with Crippen molar-refractivity contribution in [2.75, 3.05) is 13.2 Å². The Labute approximate surface area is 380 Å². The molecule has 1 atom stereocenters. The van der Waals surface area contributed by atoms with E-state index >= 15 is 0 Å². The maximum Gasteiger partial charge on any atom is 0.306 e. The van der Waals surface area contributed by atoms with Crippen molar-refractivity contribution in [3.05, 3.63) is 0 Å². The lowest BCUT2D eigenvalue weighted by molar-refractivity contribution is -0.167. The average Bonchev–Trinajstić information content (AvgIpc) is 3.26. The van der Waals surface area contributed by atoms with Gasteiger partial charge < -0.3 is 14.2 Å². The minimum absolute atomic E-state index is 0.0613. The molecule has 0 spiro atoms. The molecule has 0 fully saturated rings. The van der Waals surface area contributed by atoms with Gasteiger partial charge >= 0.3 is 17.9 Å². The second kappa shape index (κ2) is 51.0. The molecule has 0 aliphatic carbocycles. The molecule has 0 bridgehead atoms. The quantitative estimate of drug-likeness (QED) is 0.0344. The number of unbranched alkanes of at least 4 members (excludes halogenated alkanes) is 40. The van der Waals surface area contributed by atoms with Gasteiger partial charge in [-0.1, -0.05) is 278 Å². The van der Waals surface area contributed by atoms with Crippen LogP contribution in [0.15, 0.2) is 0 Å². The van der Waals surface area contributed by atoms with Crippen molar-refractivity contribution < 1.29 is 28.6 Å². The van der Waals surface area contributed by atoms with Crippen LogP contribution in [0, 0.1) is 0 Å². The predicted octanol–water partition coefficient (Wildman–Crippen LogP) is 18.0. The summed E-state index contributed by atoms with van der Waals surface area (Å²) in [6, 6.07) is 0. The van der Waals surface area contributed by atoms with Crippen LogP contribution in [0.3, 0.4) is 0 Å². The molecule has 0 amide bonds. The molecule has 0 radical (unpaired) electrons. The Balaban J connectivity index is 4.29. The number of rotatable bonds is 51. The second-order valence-electron chi connectivity index (χ2n) is 18.9. The molecule has 0 aromatic rings. The molecule has 0 saturated carbocycles. The summed E-state index contributed by atoms with van der Waals surface area (Å²) >= 11 is 0. The number of esters is 3. The van der Waals surface area contributed by atoms with Gasteiger partial charge in [-0.3, -0.25) is 14.4 Å². The van der Waals surface area contributed by atoms with E-state index in [0.29, 0.717) is 19.3 Å². The van der Waals surface area contributed by atoms with Crippen LogP contribution in [0.5, 0.6) is 0 Å². The zero-order chi connectivity index (χ0) is 44.4. The van der Waals surface area contributed by atoms with Gasteiger partial charge in [0.05, 0.1) is 0 Å². The minimum atomic E-state index is -0.760. The molecule has 0 aliphatic heterocycles. The zero-order valence-electron chi connectivity index (χ0n) is 41.5. The van der Waals surface area contributed by atoms with E-state index < -0.39 is 6.10 Å². The summed E-state index contributed by atoms with van der Waals surface area (Å²) in [6.45, 7) is 6.69. The third-order valence-electron chi connectivity index (χ3n) is 12.6. The van der Waals surface area contributed by atoms with Crippen LogP contribution in [0.4, 0.5) is 0 Å². The normalized spacial score (nSPS) is 11.9. The molecular formula is C55H106O6. The largest absolute Gasteiger partial charge is 0.462 e. The summed E-state index contributed by atoms with van der Waals surface area (Å²) in [4.78, 5) is 38.0. The highest BCUT2D eigenvalue weighted by Gasteiger charge is 2.19. The highest BCUT2D eigenvalue weighted by Crippen LogP contribution is 2.17. The first kappa shape index (κ1) is 59.4. The van der Waals surface area contributed by atoms with Crippen molar-refractivity contribution in [1.29, 1.82) is 0 Å². The van der Waals surface area contributed by atoms with E-state index in [1.807, 2.05) is 0 Å². The van der Waals surface area contributed by atoms with Crippen LogP contribution < -0.4 is 0 Å². The van der Waals surface area contributed by atoms with Gasteiger partial charge in [0.15, 0.2) is 6.10 Å². The number of hydrogen-bond acceptors (Lipinski definition) is 6. The Hall–Kier alpha value is -1.59. The van der Waals surface area contributed by atoms with Crippen molar-refractivity contribution in [2.24, 2.45) is 0 Å². The lowest BCUT2D eigenvalue weighted by Crippen LogP contribution is -2.30. The molecule has 0 rings (SSSR count). The average molecular weight is 863 g/mol. The van der Waals surface area contributed by atoms with Gasteiger partial charge in [0, 0.05) is 19.3 Å². The topological polar surface area (TPSA) is 78.9 Å². The lowest BCUT2D eigenvalue weighted by atomic mass is 10.0. The fourth-order valence-corrected chi connectivity index (χ4v) is 8.45. The van der Waals surface area contributed by atoms with E-state index in [4.69, 9.17) is 14.2 Å². The standard InChI is InChI=1S/C55H106O6/c1-4-7-10-13-16-19-22-25-27-29-30-33-36-39-42-45-48-54(57)60-51-52(50-59-53(56)47-44-41-38-35-32-24-21-18-15-12-9-6-3)61-55(58)49-46-43-40-37-34-31-28-26-23-20-17-14-11-8-5-2/h52H,4-51H2,1-3H3. The third kappa shape index (κ3) is 49.3. The number of ether oxygens (including phenoxy) is 3. The van der Waals surface area contributed by atoms with Gasteiger partial charge in [0.1, 0.15) is 13.2 Å². The minimum Gasteiger partial charge on any atom is -0.462 e. The van der Waals surface area contributed by atoms with Crippen LogP contribution in [-0.2, 0) is 28.6 Å².